The summed E-state index contributed by atoms with van der Waals surface area (Å²) in [6, 6.07) is 0. The Labute approximate surface area is 96.3 Å². The molecule has 7 nitrogen and oxygen atoms in total. The molecule has 1 aliphatic heterocycles. The van der Waals surface area contributed by atoms with E-state index in [2.05, 4.69) is 4.98 Å². The first-order chi connectivity index (χ1) is 8.02. The number of nitrogens with zero attached hydrogens (tertiary/aromatic N) is 1. The molecule has 0 bridgehead atoms. The van der Waals surface area contributed by atoms with E-state index in [1.54, 1.807) is 6.92 Å². The second-order valence-corrected chi connectivity index (χ2v) is 4.09. The highest BCUT2D eigenvalue weighted by Gasteiger charge is 2.34. The van der Waals surface area contributed by atoms with Gasteiger partial charge < -0.3 is 14.9 Å². The van der Waals surface area contributed by atoms with Crippen molar-refractivity contribution in [1.29, 1.82) is 0 Å². The number of aliphatic hydroxyl groups excluding tert-OH is 2. The molecule has 1 aliphatic rings. The maximum atomic E-state index is 11.6. The van der Waals surface area contributed by atoms with Gasteiger partial charge in [-0.1, -0.05) is 0 Å². The van der Waals surface area contributed by atoms with Crippen molar-refractivity contribution in [3.8, 4) is 0 Å². The van der Waals surface area contributed by atoms with E-state index in [-0.39, 0.29) is 13.0 Å². The zero-order valence-electron chi connectivity index (χ0n) is 9.29. The van der Waals surface area contributed by atoms with E-state index in [9.17, 15) is 14.7 Å². The number of aromatic nitrogens is 2. The highest BCUT2D eigenvalue weighted by molar-refractivity contribution is 5.02. The second kappa shape index (κ2) is 4.44. The summed E-state index contributed by atoms with van der Waals surface area (Å²) in [6.07, 6.45) is -0.581. The molecule has 0 aromatic carbocycles. The number of hydrogen-bond donors (Lipinski definition) is 3. The number of aliphatic hydroxyl groups is 2. The molecule has 2 unspecified atom stereocenters. The summed E-state index contributed by atoms with van der Waals surface area (Å²) in [5.41, 5.74) is -0.643. The topological polar surface area (TPSA) is 105 Å². The van der Waals surface area contributed by atoms with Gasteiger partial charge >= 0.3 is 5.69 Å². The smallest absolute Gasteiger partial charge is 0.330 e. The Hall–Kier alpha value is -1.44. The largest absolute Gasteiger partial charge is 0.394 e. The average Bonchev–Trinajstić information content (AvgIpc) is 2.65. The number of H-pyrrole nitrogens is 1. The van der Waals surface area contributed by atoms with Crippen LogP contribution in [0.25, 0.3) is 0 Å². The molecule has 7 heteroatoms. The predicted octanol–water partition coefficient (Wildman–Crippen LogP) is -1.51. The highest BCUT2D eigenvalue weighted by Crippen LogP contribution is 2.27. The lowest BCUT2D eigenvalue weighted by Gasteiger charge is -2.14. The van der Waals surface area contributed by atoms with Gasteiger partial charge in [-0.25, -0.2) is 4.79 Å². The molecule has 1 aromatic heterocycles. The Bertz CT molecular complexity index is 520. The average molecular weight is 242 g/mol. The summed E-state index contributed by atoms with van der Waals surface area (Å²) in [4.78, 5) is 24.9. The molecule has 17 heavy (non-hydrogen) atoms. The van der Waals surface area contributed by atoms with Crippen molar-refractivity contribution in [3.05, 3.63) is 32.6 Å². The maximum absolute atomic E-state index is 11.6. The molecule has 3 atom stereocenters. The van der Waals surface area contributed by atoms with Crippen LogP contribution in [0.5, 0.6) is 0 Å². The quantitative estimate of drug-likeness (QED) is 0.584. The number of aromatic amines is 1. The third-order valence-electron chi connectivity index (χ3n) is 2.84. The Morgan fingerprint density at radius 1 is 1.59 bits per heavy atom. The van der Waals surface area contributed by atoms with Crippen LogP contribution in [0.2, 0.25) is 0 Å². The number of aryl methyl sites for hydroxylation is 1. The van der Waals surface area contributed by atoms with Crippen LogP contribution in [-0.2, 0) is 4.74 Å². The number of nitrogens with one attached hydrogen (secondary N) is 1. The summed E-state index contributed by atoms with van der Waals surface area (Å²) in [6.45, 7) is 1.26. The first-order valence-corrected chi connectivity index (χ1v) is 5.29. The molecule has 0 aliphatic carbocycles. The van der Waals surface area contributed by atoms with E-state index in [0.29, 0.717) is 5.56 Å². The standard InChI is InChI=1S/C10H14N2O5/c1-5-3-12(10(16)11-9(5)15)8-2-6(14)7(4-13)17-8/h3,6-8,13-14H,2,4H2,1H3,(H,11,15,16)/t6-,7?,8?/m1/s1. The van der Waals surface area contributed by atoms with Crippen molar-refractivity contribution in [2.45, 2.75) is 31.8 Å². The number of rotatable bonds is 2. The lowest BCUT2D eigenvalue weighted by molar-refractivity contribution is -0.0459. The summed E-state index contributed by atoms with van der Waals surface area (Å²) in [7, 11) is 0. The SMILES string of the molecule is Cc1cn(C2C[C@@H](O)C(CO)O2)c(=O)[nH]c1=O. The lowest BCUT2D eigenvalue weighted by atomic mass is 10.2. The van der Waals surface area contributed by atoms with Crippen LogP contribution < -0.4 is 11.2 Å². The van der Waals surface area contributed by atoms with E-state index in [1.807, 2.05) is 0 Å². The van der Waals surface area contributed by atoms with E-state index in [1.165, 1.54) is 10.8 Å². The molecule has 2 rings (SSSR count). The number of hydrogen-bond acceptors (Lipinski definition) is 5. The van der Waals surface area contributed by atoms with Crippen molar-refractivity contribution >= 4 is 0 Å². The Kier molecular flexibility index (Phi) is 3.14. The molecule has 0 spiro atoms. The Balaban J connectivity index is 2.34. The van der Waals surface area contributed by atoms with Gasteiger partial charge in [0, 0.05) is 18.2 Å². The highest BCUT2D eigenvalue weighted by atomic mass is 16.5. The van der Waals surface area contributed by atoms with Crippen LogP contribution >= 0.6 is 0 Å². The van der Waals surface area contributed by atoms with Crippen LogP contribution in [0.3, 0.4) is 0 Å². The number of ether oxygens (including phenoxy) is 1. The third-order valence-corrected chi connectivity index (χ3v) is 2.84. The van der Waals surface area contributed by atoms with Gasteiger partial charge in [0.2, 0.25) is 0 Å². The summed E-state index contributed by atoms with van der Waals surface area (Å²) in [5, 5.41) is 18.5. The van der Waals surface area contributed by atoms with Crippen molar-refractivity contribution in [2.24, 2.45) is 0 Å². The monoisotopic (exact) mass is 242 g/mol. The molecular weight excluding hydrogens is 228 g/mol. The molecule has 2 heterocycles. The minimum Gasteiger partial charge on any atom is -0.394 e. The van der Waals surface area contributed by atoms with Crippen LogP contribution in [0, 0.1) is 6.92 Å². The molecular formula is C10H14N2O5. The summed E-state index contributed by atoms with van der Waals surface area (Å²) >= 11 is 0. The van der Waals surface area contributed by atoms with Crippen molar-refractivity contribution in [2.75, 3.05) is 6.61 Å². The van der Waals surface area contributed by atoms with Crippen molar-refractivity contribution in [3.63, 3.8) is 0 Å². The fourth-order valence-corrected chi connectivity index (χ4v) is 1.85. The first-order valence-electron chi connectivity index (χ1n) is 5.29. The van der Waals surface area contributed by atoms with Crippen molar-refractivity contribution in [1.82, 2.24) is 9.55 Å². The van der Waals surface area contributed by atoms with Gasteiger partial charge in [0.05, 0.1) is 12.7 Å². The van der Waals surface area contributed by atoms with Gasteiger partial charge in [-0.05, 0) is 6.92 Å². The molecule has 1 fully saturated rings. The maximum Gasteiger partial charge on any atom is 0.330 e. The van der Waals surface area contributed by atoms with Crippen molar-refractivity contribution < 1.29 is 14.9 Å². The Morgan fingerprint density at radius 2 is 2.29 bits per heavy atom. The van der Waals surface area contributed by atoms with Gasteiger partial charge in [-0.15, -0.1) is 0 Å². The van der Waals surface area contributed by atoms with Gasteiger partial charge in [0.15, 0.2) is 0 Å². The van der Waals surface area contributed by atoms with Gasteiger partial charge in [-0.3, -0.25) is 14.3 Å². The normalized spacial score (nSPS) is 28.5. The molecule has 3 N–H and O–H groups in total. The summed E-state index contributed by atoms with van der Waals surface area (Å²) in [5.74, 6) is 0. The van der Waals surface area contributed by atoms with Gasteiger partial charge in [-0.2, -0.15) is 0 Å². The van der Waals surface area contributed by atoms with Crippen LogP contribution in [0.15, 0.2) is 15.8 Å². The van der Waals surface area contributed by atoms with Crippen LogP contribution in [-0.4, -0.2) is 38.6 Å². The fourth-order valence-electron chi connectivity index (χ4n) is 1.85. The zero-order valence-corrected chi connectivity index (χ0v) is 9.29. The van der Waals surface area contributed by atoms with Gasteiger partial charge in [0.1, 0.15) is 12.3 Å². The zero-order chi connectivity index (χ0) is 12.6. The fraction of sp³-hybridized carbons (Fsp3) is 0.600. The predicted molar refractivity (Wildman–Crippen MR) is 57.7 cm³/mol. The lowest BCUT2D eigenvalue weighted by Crippen LogP contribution is -2.33. The molecule has 0 radical (unpaired) electrons. The molecule has 94 valence electrons. The van der Waals surface area contributed by atoms with Crippen LogP contribution in [0.1, 0.15) is 18.2 Å². The van der Waals surface area contributed by atoms with Gasteiger partial charge in [0.25, 0.3) is 5.56 Å². The van der Waals surface area contributed by atoms with E-state index < -0.39 is 29.7 Å². The Morgan fingerprint density at radius 3 is 2.88 bits per heavy atom. The van der Waals surface area contributed by atoms with E-state index in [4.69, 9.17) is 9.84 Å². The minimum absolute atomic E-state index is 0.205. The van der Waals surface area contributed by atoms with E-state index in [0.717, 1.165) is 0 Å². The van der Waals surface area contributed by atoms with Crippen LogP contribution in [0.4, 0.5) is 0 Å². The molecule has 0 saturated carbocycles. The second-order valence-electron chi connectivity index (χ2n) is 4.09. The van der Waals surface area contributed by atoms with E-state index >= 15 is 0 Å². The first kappa shape index (κ1) is 12.0. The summed E-state index contributed by atoms with van der Waals surface area (Å²) < 4.78 is 6.54. The molecule has 1 saturated heterocycles. The third kappa shape index (κ3) is 2.17. The molecule has 1 aromatic rings. The minimum atomic E-state index is -0.816. The molecule has 0 amide bonds.